The van der Waals surface area contributed by atoms with E-state index in [0.717, 1.165) is 10.5 Å². The van der Waals surface area contributed by atoms with Crippen LogP contribution in [0, 0.1) is 12.7 Å². The fourth-order valence-corrected chi connectivity index (χ4v) is 3.73. The minimum absolute atomic E-state index is 0.0307. The van der Waals surface area contributed by atoms with E-state index in [1.165, 1.54) is 25.3 Å². The number of carbonyl (C=O) groups is 2. The number of halogens is 2. The molecular formula is C24H18ClFN2O3. The normalized spacial score (nSPS) is 13.7. The van der Waals surface area contributed by atoms with Crippen molar-refractivity contribution in [3.05, 3.63) is 94.4 Å². The van der Waals surface area contributed by atoms with Crippen LogP contribution in [-0.2, 0) is 9.59 Å². The second kappa shape index (κ2) is 8.24. The molecule has 4 rings (SSSR count). The molecule has 0 spiro atoms. The van der Waals surface area contributed by atoms with Crippen LogP contribution in [0.4, 0.5) is 15.8 Å². The first-order valence-electron chi connectivity index (χ1n) is 9.46. The SMILES string of the molecule is COc1ccccc1C1=C(Nc2ccc(Cl)cc2C)C(=O)N(c2ccccc2F)C1=O. The Bertz CT molecular complexity index is 1240. The van der Waals surface area contributed by atoms with Crippen molar-refractivity contribution in [3.8, 4) is 5.75 Å². The zero-order valence-corrected chi connectivity index (χ0v) is 17.5. The summed E-state index contributed by atoms with van der Waals surface area (Å²) in [7, 11) is 1.48. The summed E-state index contributed by atoms with van der Waals surface area (Å²) in [6, 6.07) is 17.7. The van der Waals surface area contributed by atoms with Crippen LogP contribution in [0.3, 0.4) is 0 Å². The molecule has 0 aliphatic carbocycles. The zero-order chi connectivity index (χ0) is 22.1. The second-order valence-electron chi connectivity index (χ2n) is 6.93. The van der Waals surface area contributed by atoms with Gasteiger partial charge >= 0.3 is 0 Å². The van der Waals surface area contributed by atoms with Crippen LogP contribution in [-0.4, -0.2) is 18.9 Å². The minimum atomic E-state index is -0.674. The van der Waals surface area contributed by atoms with E-state index >= 15 is 0 Å². The quantitative estimate of drug-likeness (QED) is 0.559. The van der Waals surface area contributed by atoms with Crippen molar-refractivity contribution in [1.82, 2.24) is 0 Å². The number of benzene rings is 3. The monoisotopic (exact) mass is 436 g/mol. The summed E-state index contributed by atoms with van der Waals surface area (Å²) in [4.78, 5) is 27.7. The lowest BCUT2D eigenvalue weighted by atomic mass is 10.0. The molecule has 2 amide bonds. The molecule has 0 bridgehead atoms. The molecule has 0 unspecified atom stereocenters. The first-order valence-corrected chi connectivity index (χ1v) is 9.84. The number of methoxy groups -OCH3 is 1. The molecule has 1 N–H and O–H groups in total. The number of hydrogen-bond acceptors (Lipinski definition) is 4. The van der Waals surface area contributed by atoms with E-state index in [-0.39, 0.29) is 17.0 Å². The van der Waals surface area contributed by atoms with Gasteiger partial charge in [-0.3, -0.25) is 9.59 Å². The van der Waals surface area contributed by atoms with E-state index < -0.39 is 17.6 Å². The molecule has 3 aromatic carbocycles. The zero-order valence-electron chi connectivity index (χ0n) is 16.8. The molecule has 0 saturated heterocycles. The molecule has 3 aromatic rings. The molecule has 0 aromatic heterocycles. The van der Waals surface area contributed by atoms with Crippen molar-refractivity contribution in [3.63, 3.8) is 0 Å². The topological polar surface area (TPSA) is 58.6 Å². The number of nitrogens with one attached hydrogen (secondary N) is 1. The van der Waals surface area contributed by atoms with Crippen molar-refractivity contribution < 1.29 is 18.7 Å². The van der Waals surface area contributed by atoms with Gasteiger partial charge in [0.05, 0.1) is 18.4 Å². The van der Waals surface area contributed by atoms with E-state index in [0.29, 0.717) is 22.0 Å². The predicted molar refractivity (Wildman–Crippen MR) is 119 cm³/mol. The van der Waals surface area contributed by atoms with Gasteiger partial charge in [-0.2, -0.15) is 0 Å². The fourth-order valence-electron chi connectivity index (χ4n) is 3.50. The second-order valence-corrected chi connectivity index (χ2v) is 7.37. The molecule has 5 nitrogen and oxygen atoms in total. The van der Waals surface area contributed by atoms with Crippen LogP contribution in [0.15, 0.2) is 72.4 Å². The largest absolute Gasteiger partial charge is 0.496 e. The van der Waals surface area contributed by atoms with Crippen LogP contribution in [0.2, 0.25) is 5.02 Å². The molecular weight excluding hydrogens is 419 g/mol. The van der Waals surface area contributed by atoms with E-state index in [4.69, 9.17) is 16.3 Å². The number of imide groups is 1. The van der Waals surface area contributed by atoms with Crippen LogP contribution in [0.25, 0.3) is 5.57 Å². The summed E-state index contributed by atoms with van der Waals surface area (Å²) < 4.78 is 19.9. The molecule has 156 valence electrons. The van der Waals surface area contributed by atoms with Crippen molar-refractivity contribution in [1.29, 1.82) is 0 Å². The lowest BCUT2D eigenvalue weighted by Crippen LogP contribution is -2.33. The lowest BCUT2D eigenvalue weighted by Gasteiger charge is -2.16. The van der Waals surface area contributed by atoms with Crippen LogP contribution in [0.5, 0.6) is 5.75 Å². The molecule has 7 heteroatoms. The Balaban J connectivity index is 1.90. The molecule has 0 radical (unpaired) electrons. The van der Waals surface area contributed by atoms with Crippen molar-refractivity contribution in [2.45, 2.75) is 6.92 Å². The Morgan fingerprint density at radius 2 is 1.68 bits per heavy atom. The van der Waals surface area contributed by atoms with Crippen LogP contribution in [0.1, 0.15) is 11.1 Å². The summed E-state index contributed by atoms with van der Waals surface area (Å²) >= 11 is 6.04. The van der Waals surface area contributed by atoms with Crippen LogP contribution >= 0.6 is 11.6 Å². The predicted octanol–water partition coefficient (Wildman–Crippen LogP) is 5.19. The summed E-state index contributed by atoms with van der Waals surface area (Å²) in [6.45, 7) is 1.83. The van der Waals surface area contributed by atoms with Gasteiger partial charge < -0.3 is 10.1 Å². The van der Waals surface area contributed by atoms with Crippen molar-refractivity contribution in [2.24, 2.45) is 0 Å². The maximum Gasteiger partial charge on any atom is 0.282 e. The number of ether oxygens (including phenoxy) is 1. The van der Waals surface area contributed by atoms with E-state index in [9.17, 15) is 14.0 Å². The highest BCUT2D eigenvalue weighted by Crippen LogP contribution is 2.38. The first kappa shape index (κ1) is 20.6. The Morgan fingerprint density at radius 1 is 0.968 bits per heavy atom. The average molecular weight is 437 g/mol. The number of hydrogen-bond donors (Lipinski definition) is 1. The fraction of sp³-hybridized carbons (Fsp3) is 0.0833. The van der Waals surface area contributed by atoms with Crippen molar-refractivity contribution in [2.75, 3.05) is 17.3 Å². The van der Waals surface area contributed by atoms with Gasteiger partial charge in [-0.15, -0.1) is 0 Å². The highest BCUT2D eigenvalue weighted by molar-refractivity contribution is 6.46. The Kier molecular flexibility index (Phi) is 5.48. The maximum absolute atomic E-state index is 14.5. The van der Waals surface area contributed by atoms with Gasteiger partial charge in [0.2, 0.25) is 0 Å². The van der Waals surface area contributed by atoms with E-state index in [2.05, 4.69) is 5.32 Å². The highest BCUT2D eigenvalue weighted by Gasteiger charge is 2.42. The summed E-state index contributed by atoms with van der Waals surface area (Å²) in [5, 5.41) is 3.61. The van der Waals surface area contributed by atoms with Gasteiger partial charge in [-0.25, -0.2) is 9.29 Å². The van der Waals surface area contributed by atoms with Gasteiger partial charge in [-0.1, -0.05) is 41.9 Å². The van der Waals surface area contributed by atoms with Gasteiger partial charge in [0.1, 0.15) is 17.3 Å². The molecule has 0 atom stereocenters. The number of para-hydroxylation sites is 2. The third kappa shape index (κ3) is 3.66. The number of carbonyl (C=O) groups excluding carboxylic acids is 2. The van der Waals surface area contributed by atoms with Crippen LogP contribution < -0.4 is 15.0 Å². The Morgan fingerprint density at radius 3 is 2.39 bits per heavy atom. The van der Waals surface area contributed by atoms with Gasteiger partial charge in [0.15, 0.2) is 0 Å². The Labute approximate surface area is 183 Å². The average Bonchev–Trinajstić information content (AvgIpc) is 3.00. The first-order chi connectivity index (χ1) is 14.9. The highest BCUT2D eigenvalue weighted by atomic mass is 35.5. The number of amides is 2. The molecule has 1 aliphatic rings. The number of aryl methyl sites for hydroxylation is 1. The smallest absolute Gasteiger partial charge is 0.282 e. The van der Waals surface area contributed by atoms with E-state index in [1.807, 2.05) is 6.92 Å². The standard InChI is InChI=1S/C24H18ClFN2O3/c1-14-13-15(25)11-12-18(14)27-22-21(16-7-3-6-10-20(16)31-2)23(29)28(24(22)30)19-9-5-4-8-17(19)26/h3-13,27H,1-2H3. The Hall–Kier alpha value is -3.64. The van der Waals surface area contributed by atoms with E-state index in [1.54, 1.807) is 48.5 Å². The van der Waals surface area contributed by atoms with Crippen molar-refractivity contribution >= 4 is 40.4 Å². The summed E-state index contributed by atoms with van der Waals surface area (Å²) in [5.41, 5.74) is 1.82. The van der Waals surface area contributed by atoms with Gasteiger partial charge in [0, 0.05) is 16.3 Å². The number of nitrogens with zero attached hydrogens (tertiary/aromatic N) is 1. The van der Waals surface area contributed by atoms with Gasteiger partial charge in [-0.05, 0) is 48.9 Å². The number of rotatable bonds is 5. The maximum atomic E-state index is 14.5. The molecule has 1 aliphatic heterocycles. The molecule has 0 saturated carbocycles. The molecule has 1 heterocycles. The lowest BCUT2D eigenvalue weighted by molar-refractivity contribution is -0.120. The molecule has 31 heavy (non-hydrogen) atoms. The number of anilines is 2. The molecule has 0 fully saturated rings. The third-order valence-corrected chi connectivity index (χ3v) is 5.24. The third-order valence-electron chi connectivity index (χ3n) is 5.00. The summed E-state index contributed by atoms with van der Waals surface area (Å²) in [6.07, 6.45) is 0. The van der Waals surface area contributed by atoms with Gasteiger partial charge in [0.25, 0.3) is 11.8 Å². The summed E-state index contributed by atoms with van der Waals surface area (Å²) in [5.74, 6) is -1.56. The minimum Gasteiger partial charge on any atom is -0.496 e.